The number of benzene rings is 1. The summed E-state index contributed by atoms with van der Waals surface area (Å²) in [4.78, 5) is 35.5. The van der Waals surface area contributed by atoms with E-state index in [1.807, 2.05) is 6.92 Å². The average Bonchev–Trinajstić information content (AvgIpc) is 3.18. The van der Waals surface area contributed by atoms with Crippen molar-refractivity contribution in [2.75, 3.05) is 11.9 Å². The quantitative estimate of drug-likeness (QED) is 0.747. The van der Waals surface area contributed by atoms with Gasteiger partial charge in [0.2, 0.25) is 0 Å². The van der Waals surface area contributed by atoms with Crippen molar-refractivity contribution in [3.63, 3.8) is 0 Å². The highest BCUT2D eigenvalue weighted by atomic mass is 16.4. The first-order chi connectivity index (χ1) is 11.9. The average molecular weight is 342 g/mol. The highest BCUT2D eigenvalue weighted by molar-refractivity contribution is 6.04. The van der Waals surface area contributed by atoms with Gasteiger partial charge in [0.15, 0.2) is 5.76 Å². The maximum absolute atomic E-state index is 12.3. The van der Waals surface area contributed by atoms with E-state index in [0.29, 0.717) is 24.1 Å². The van der Waals surface area contributed by atoms with Gasteiger partial charge >= 0.3 is 5.97 Å². The molecule has 7 nitrogen and oxygen atoms in total. The van der Waals surface area contributed by atoms with E-state index in [1.54, 1.807) is 30.3 Å². The van der Waals surface area contributed by atoms with Gasteiger partial charge in [-0.25, -0.2) is 0 Å². The van der Waals surface area contributed by atoms with E-state index in [4.69, 9.17) is 9.52 Å². The Hall–Kier alpha value is -3.09. The number of furan rings is 1. The maximum Gasteiger partial charge on any atom is 0.311 e. The van der Waals surface area contributed by atoms with Crippen LogP contribution >= 0.6 is 0 Å². The van der Waals surface area contributed by atoms with E-state index in [1.165, 1.54) is 6.26 Å². The lowest BCUT2D eigenvalue weighted by molar-refractivity contribution is -0.143. The molecular formula is C18H18N2O5. The van der Waals surface area contributed by atoms with E-state index in [-0.39, 0.29) is 18.2 Å². The molecule has 1 aromatic carbocycles. The lowest BCUT2D eigenvalue weighted by Gasteiger charge is -2.13. The molecule has 2 amide bonds. The Bertz CT molecular complexity index is 822. The molecule has 1 aromatic heterocycles. The van der Waals surface area contributed by atoms with Gasteiger partial charge in [-0.1, -0.05) is 6.07 Å². The van der Waals surface area contributed by atoms with Gasteiger partial charge in [-0.15, -0.1) is 0 Å². The third kappa shape index (κ3) is 3.55. The number of carbonyl (C=O) groups is 3. The van der Waals surface area contributed by atoms with Crippen molar-refractivity contribution in [3.05, 3.63) is 53.5 Å². The predicted molar refractivity (Wildman–Crippen MR) is 89.5 cm³/mol. The molecular weight excluding hydrogens is 324 g/mol. The van der Waals surface area contributed by atoms with Crippen molar-refractivity contribution in [2.45, 2.75) is 19.8 Å². The fourth-order valence-corrected chi connectivity index (χ4v) is 2.46. The van der Waals surface area contributed by atoms with Gasteiger partial charge in [0.25, 0.3) is 11.8 Å². The van der Waals surface area contributed by atoms with Crippen molar-refractivity contribution in [1.82, 2.24) is 5.32 Å². The molecule has 0 saturated heterocycles. The van der Waals surface area contributed by atoms with Crippen LogP contribution in [0.1, 0.15) is 39.3 Å². The van der Waals surface area contributed by atoms with Crippen LogP contribution in [0.2, 0.25) is 0 Å². The van der Waals surface area contributed by atoms with Crippen LogP contribution in [-0.4, -0.2) is 29.4 Å². The van der Waals surface area contributed by atoms with Gasteiger partial charge in [-0.2, -0.15) is 0 Å². The number of nitrogens with one attached hydrogen (secondary N) is 2. The third-order valence-corrected chi connectivity index (χ3v) is 4.39. The summed E-state index contributed by atoms with van der Waals surface area (Å²) in [5.74, 6) is -1.50. The first-order valence-electron chi connectivity index (χ1n) is 7.88. The minimum Gasteiger partial charge on any atom is -0.481 e. The second kappa shape index (κ2) is 6.43. The van der Waals surface area contributed by atoms with Crippen molar-refractivity contribution >= 4 is 23.5 Å². The molecule has 0 aliphatic heterocycles. The third-order valence-electron chi connectivity index (χ3n) is 4.39. The minimum absolute atomic E-state index is 0.100. The first kappa shape index (κ1) is 16.8. The lowest BCUT2D eigenvalue weighted by Crippen LogP contribution is -2.34. The van der Waals surface area contributed by atoms with Gasteiger partial charge in [-0.05, 0) is 49.6 Å². The topological polar surface area (TPSA) is 109 Å². The zero-order valence-electron chi connectivity index (χ0n) is 13.7. The van der Waals surface area contributed by atoms with Gasteiger partial charge in [-0.3, -0.25) is 14.4 Å². The molecule has 1 fully saturated rings. The number of carbonyl (C=O) groups excluding carboxylic acids is 2. The highest BCUT2D eigenvalue weighted by Crippen LogP contribution is 2.45. The summed E-state index contributed by atoms with van der Waals surface area (Å²) in [6.45, 7) is 1.91. The van der Waals surface area contributed by atoms with Crippen molar-refractivity contribution in [1.29, 1.82) is 0 Å². The second-order valence-corrected chi connectivity index (χ2v) is 6.23. The summed E-state index contributed by atoms with van der Waals surface area (Å²) in [7, 11) is 0. The molecule has 7 heteroatoms. The number of hydrogen-bond donors (Lipinski definition) is 3. The smallest absolute Gasteiger partial charge is 0.311 e. The number of rotatable bonds is 6. The number of aryl methyl sites for hydroxylation is 1. The Balaban J connectivity index is 1.69. The van der Waals surface area contributed by atoms with Gasteiger partial charge < -0.3 is 20.2 Å². The van der Waals surface area contributed by atoms with Gasteiger partial charge in [0.05, 0.1) is 11.7 Å². The molecule has 2 aromatic rings. The summed E-state index contributed by atoms with van der Waals surface area (Å²) in [6.07, 6.45) is 2.55. The molecule has 1 aliphatic rings. The van der Waals surface area contributed by atoms with Crippen molar-refractivity contribution < 1.29 is 23.9 Å². The number of aliphatic carboxylic acids is 1. The Morgan fingerprint density at radius 3 is 2.56 bits per heavy atom. The zero-order chi connectivity index (χ0) is 18.0. The number of amides is 2. The molecule has 130 valence electrons. The second-order valence-electron chi connectivity index (χ2n) is 6.23. The van der Waals surface area contributed by atoms with E-state index in [2.05, 4.69) is 10.6 Å². The Labute approximate surface area is 144 Å². The Morgan fingerprint density at radius 2 is 1.96 bits per heavy atom. The standard InChI is InChI=1S/C18H18N2O5/c1-11-4-5-12(15(21)19-10-18(6-7-18)17(23)24)9-13(11)20-16(22)14-3-2-8-25-14/h2-5,8-9H,6-7,10H2,1H3,(H,19,21)(H,20,22)(H,23,24). The highest BCUT2D eigenvalue weighted by Gasteiger charge is 2.50. The fourth-order valence-electron chi connectivity index (χ4n) is 2.46. The summed E-state index contributed by atoms with van der Waals surface area (Å²) in [6, 6.07) is 8.07. The minimum atomic E-state index is -0.886. The maximum atomic E-state index is 12.3. The molecule has 0 bridgehead atoms. The summed E-state index contributed by atoms with van der Waals surface area (Å²) >= 11 is 0. The van der Waals surface area contributed by atoms with Crippen molar-refractivity contribution in [2.24, 2.45) is 5.41 Å². The van der Waals surface area contributed by atoms with Crippen LogP contribution in [0, 0.1) is 12.3 Å². The van der Waals surface area contributed by atoms with E-state index >= 15 is 0 Å². The van der Waals surface area contributed by atoms with Crippen LogP contribution in [0.3, 0.4) is 0 Å². The molecule has 1 aliphatic carbocycles. The van der Waals surface area contributed by atoms with E-state index in [9.17, 15) is 14.4 Å². The van der Waals surface area contributed by atoms with Gasteiger partial charge in [0.1, 0.15) is 0 Å². The number of hydrogen-bond acceptors (Lipinski definition) is 4. The van der Waals surface area contributed by atoms with Gasteiger partial charge in [0, 0.05) is 17.8 Å². The normalized spacial score (nSPS) is 14.6. The molecule has 1 saturated carbocycles. The van der Waals surface area contributed by atoms with E-state index in [0.717, 1.165) is 5.56 Å². The summed E-state index contributed by atoms with van der Waals surface area (Å²) in [5.41, 5.74) is 0.812. The van der Waals surface area contributed by atoms with Crippen LogP contribution in [0.15, 0.2) is 41.0 Å². The van der Waals surface area contributed by atoms with Crippen LogP contribution in [0.25, 0.3) is 0 Å². The Kier molecular flexibility index (Phi) is 4.31. The first-order valence-corrected chi connectivity index (χ1v) is 7.88. The van der Waals surface area contributed by atoms with Crippen LogP contribution in [-0.2, 0) is 4.79 Å². The molecule has 3 N–H and O–H groups in total. The van der Waals surface area contributed by atoms with Crippen LogP contribution in [0.4, 0.5) is 5.69 Å². The molecule has 25 heavy (non-hydrogen) atoms. The molecule has 3 rings (SSSR count). The number of anilines is 1. The number of carboxylic acids is 1. The predicted octanol–water partition coefficient (Wildman–Crippen LogP) is 2.43. The Morgan fingerprint density at radius 1 is 1.20 bits per heavy atom. The number of carboxylic acid groups (broad SMARTS) is 1. The molecule has 0 atom stereocenters. The largest absolute Gasteiger partial charge is 0.481 e. The summed E-state index contributed by atoms with van der Waals surface area (Å²) < 4.78 is 5.04. The van der Waals surface area contributed by atoms with Crippen molar-refractivity contribution in [3.8, 4) is 0 Å². The van der Waals surface area contributed by atoms with Crippen LogP contribution in [0.5, 0.6) is 0 Å². The molecule has 0 radical (unpaired) electrons. The molecule has 1 heterocycles. The monoisotopic (exact) mass is 342 g/mol. The zero-order valence-corrected chi connectivity index (χ0v) is 13.7. The molecule has 0 spiro atoms. The van der Waals surface area contributed by atoms with E-state index < -0.39 is 17.3 Å². The lowest BCUT2D eigenvalue weighted by atomic mass is 10.1. The summed E-state index contributed by atoms with van der Waals surface area (Å²) in [5, 5.41) is 14.5. The SMILES string of the molecule is Cc1ccc(C(=O)NCC2(C(=O)O)CC2)cc1NC(=O)c1ccco1. The van der Waals surface area contributed by atoms with Crippen LogP contribution < -0.4 is 10.6 Å². The fraction of sp³-hybridized carbons (Fsp3) is 0.278. The molecule has 0 unspecified atom stereocenters.